The van der Waals surface area contributed by atoms with E-state index in [0.29, 0.717) is 17.7 Å². The van der Waals surface area contributed by atoms with E-state index in [-0.39, 0.29) is 39.8 Å². The van der Waals surface area contributed by atoms with Crippen LogP contribution in [0.3, 0.4) is 0 Å². The van der Waals surface area contributed by atoms with E-state index in [9.17, 15) is 19.8 Å². The van der Waals surface area contributed by atoms with E-state index in [0.717, 1.165) is 19.4 Å². The summed E-state index contributed by atoms with van der Waals surface area (Å²) in [6.45, 7) is 1.01. The Balaban J connectivity index is 0.000000144. The third-order valence-electron chi connectivity index (χ3n) is 8.45. The van der Waals surface area contributed by atoms with E-state index >= 15 is 0 Å². The zero-order valence-corrected chi connectivity index (χ0v) is 21.1. The summed E-state index contributed by atoms with van der Waals surface area (Å²) in [4.78, 5) is 32.4. The Morgan fingerprint density at radius 2 is 1.64 bits per heavy atom. The van der Waals surface area contributed by atoms with Crippen LogP contribution in [0, 0.1) is 5.92 Å². The van der Waals surface area contributed by atoms with Gasteiger partial charge in [-0.2, -0.15) is 0 Å². The maximum Gasteiger partial charge on any atom is 0.337 e. The largest absolute Gasteiger partial charge is 0.504 e. The molecule has 4 aliphatic rings. The molecule has 39 heavy (non-hydrogen) atoms. The molecular formula is C29H27N3O7. The number of likely N-dealkylation sites (N-methyl/N-ethyl adjacent to an activating group) is 1. The number of rotatable bonds is 3. The third-order valence-corrected chi connectivity index (χ3v) is 8.45. The molecule has 0 amide bonds. The average molecular weight is 530 g/mol. The van der Waals surface area contributed by atoms with Crippen LogP contribution in [0.1, 0.15) is 38.3 Å². The van der Waals surface area contributed by atoms with Crippen LogP contribution in [-0.4, -0.2) is 79.1 Å². The summed E-state index contributed by atoms with van der Waals surface area (Å²) < 4.78 is 6.09. The van der Waals surface area contributed by atoms with Gasteiger partial charge in [0.25, 0.3) is 0 Å². The second kappa shape index (κ2) is 9.18. The number of likely N-dealkylation sites (tertiary alicyclic amines) is 1. The summed E-state index contributed by atoms with van der Waals surface area (Å²) in [6, 6.07) is 9.87. The lowest BCUT2D eigenvalue weighted by Gasteiger charge is -2.56. The minimum absolute atomic E-state index is 0.0444. The van der Waals surface area contributed by atoms with Gasteiger partial charge in [0.15, 0.2) is 11.5 Å². The van der Waals surface area contributed by atoms with Crippen LogP contribution in [0.15, 0.2) is 60.9 Å². The van der Waals surface area contributed by atoms with Gasteiger partial charge in [0, 0.05) is 35.3 Å². The van der Waals surface area contributed by atoms with Crippen molar-refractivity contribution in [1.82, 2.24) is 14.9 Å². The second-order valence-corrected chi connectivity index (χ2v) is 10.3. The zero-order chi connectivity index (χ0) is 27.5. The molecule has 5 atom stereocenters. The lowest BCUT2D eigenvalue weighted by Crippen LogP contribution is -2.64. The smallest absolute Gasteiger partial charge is 0.337 e. The lowest BCUT2D eigenvalue weighted by atomic mass is 9.53. The number of carboxylic acid groups (broad SMARTS) is 2. The Hall–Kier alpha value is -4.28. The molecule has 3 aromatic rings. The zero-order valence-electron chi connectivity index (χ0n) is 21.1. The highest BCUT2D eigenvalue weighted by Crippen LogP contribution is 2.62. The minimum Gasteiger partial charge on any atom is -0.504 e. The summed E-state index contributed by atoms with van der Waals surface area (Å²) >= 11 is 0. The van der Waals surface area contributed by atoms with Crippen molar-refractivity contribution in [3.8, 4) is 22.9 Å². The number of aliphatic hydroxyl groups excluding tert-OH is 1. The number of piperidine rings is 1. The van der Waals surface area contributed by atoms with Crippen molar-refractivity contribution in [3.05, 3.63) is 83.2 Å². The molecule has 10 nitrogen and oxygen atoms in total. The van der Waals surface area contributed by atoms with Crippen LogP contribution in [-0.2, 0) is 11.8 Å². The monoisotopic (exact) mass is 529 g/mol. The van der Waals surface area contributed by atoms with Gasteiger partial charge < -0.3 is 30.1 Å². The molecule has 2 bridgehead atoms. The van der Waals surface area contributed by atoms with Gasteiger partial charge in [0.1, 0.15) is 23.6 Å². The molecule has 0 radical (unpaired) electrons. The fourth-order valence-corrected chi connectivity index (χ4v) is 6.77. The van der Waals surface area contributed by atoms with Crippen molar-refractivity contribution in [2.75, 3.05) is 13.6 Å². The predicted octanol–water partition coefficient (Wildman–Crippen LogP) is 2.74. The predicted molar refractivity (Wildman–Crippen MR) is 139 cm³/mol. The molecule has 1 spiro atoms. The third kappa shape index (κ3) is 3.70. The number of benzene rings is 1. The van der Waals surface area contributed by atoms with Gasteiger partial charge in [-0.15, -0.1) is 0 Å². The van der Waals surface area contributed by atoms with E-state index in [1.807, 2.05) is 12.1 Å². The van der Waals surface area contributed by atoms with Gasteiger partial charge >= 0.3 is 11.9 Å². The number of hydrogen-bond donors (Lipinski definition) is 4. The Morgan fingerprint density at radius 1 is 1.00 bits per heavy atom. The molecule has 2 aromatic heterocycles. The average Bonchev–Trinajstić information content (AvgIpc) is 3.30. The van der Waals surface area contributed by atoms with Crippen molar-refractivity contribution in [2.24, 2.45) is 5.92 Å². The fraction of sp³-hybridized carbons (Fsp3) is 0.310. The normalized spacial score (nSPS) is 27.5. The fourth-order valence-electron chi connectivity index (χ4n) is 6.77. The van der Waals surface area contributed by atoms with Crippen LogP contribution in [0.25, 0.3) is 11.4 Å². The van der Waals surface area contributed by atoms with Gasteiger partial charge in [-0.05, 0) is 62.3 Å². The van der Waals surface area contributed by atoms with E-state index in [4.69, 9.17) is 14.9 Å². The van der Waals surface area contributed by atoms with E-state index in [1.165, 1.54) is 47.8 Å². The summed E-state index contributed by atoms with van der Waals surface area (Å²) in [5.74, 6) is -1.17. The topological polar surface area (TPSA) is 153 Å². The molecule has 0 saturated carbocycles. The van der Waals surface area contributed by atoms with Gasteiger partial charge in [-0.25, -0.2) is 9.59 Å². The molecule has 4 heterocycles. The van der Waals surface area contributed by atoms with Gasteiger partial charge in [-0.1, -0.05) is 18.2 Å². The first-order valence-corrected chi connectivity index (χ1v) is 12.7. The number of nitrogens with zero attached hydrogens (tertiary/aromatic N) is 3. The number of phenols is 1. The van der Waals surface area contributed by atoms with Gasteiger partial charge in [0.05, 0.1) is 11.1 Å². The van der Waals surface area contributed by atoms with E-state index in [1.54, 1.807) is 6.07 Å². The van der Waals surface area contributed by atoms with Crippen LogP contribution in [0.4, 0.5) is 0 Å². The summed E-state index contributed by atoms with van der Waals surface area (Å²) in [6.07, 6.45) is 7.96. The number of carboxylic acids is 2. The number of hydrogen-bond acceptors (Lipinski definition) is 8. The summed E-state index contributed by atoms with van der Waals surface area (Å²) in [5.41, 5.74) is 2.21. The molecule has 1 fully saturated rings. The molecule has 7 rings (SSSR count). The van der Waals surface area contributed by atoms with Crippen molar-refractivity contribution in [3.63, 3.8) is 0 Å². The number of aliphatic hydroxyl groups is 1. The summed E-state index contributed by atoms with van der Waals surface area (Å²) in [5, 5.41) is 38.7. The molecule has 4 N–H and O–H groups in total. The molecular weight excluding hydrogens is 502 g/mol. The van der Waals surface area contributed by atoms with Crippen molar-refractivity contribution < 1.29 is 34.8 Å². The first-order valence-electron chi connectivity index (χ1n) is 12.7. The standard InChI is InChI=1S/C17H19NO3.C12H8N2O4/c1-18-7-6-17-10-3-5-13(20)16(17)21-15-12(19)4-2-9(14(15)17)8-11(10)18;15-11(16)7-3-1-5-13-9(7)10-8(12(17)18)4-2-6-14-10/h2-5,10-11,13,16,19-20H,6-8H2,1H3;1-6H,(H,15,16)(H,17,18)/t10-,11+,13-,16-,17-;/m0./s1. The van der Waals surface area contributed by atoms with Crippen molar-refractivity contribution >= 4 is 11.9 Å². The van der Waals surface area contributed by atoms with Gasteiger partial charge in [0.2, 0.25) is 0 Å². The lowest BCUT2D eigenvalue weighted by molar-refractivity contribution is -0.0453. The minimum atomic E-state index is -1.18. The van der Waals surface area contributed by atoms with E-state index in [2.05, 4.69) is 28.0 Å². The molecule has 2 aliphatic carbocycles. The highest BCUT2D eigenvalue weighted by Gasteiger charge is 2.64. The number of ether oxygens (including phenoxy) is 1. The van der Waals surface area contributed by atoms with Crippen molar-refractivity contribution in [1.29, 1.82) is 0 Å². The highest BCUT2D eigenvalue weighted by atomic mass is 16.5. The number of aromatic hydroxyl groups is 1. The first-order chi connectivity index (χ1) is 18.7. The molecule has 200 valence electrons. The number of aromatic carboxylic acids is 2. The van der Waals surface area contributed by atoms with Gasteiger partial charge in [-0.3, -0.25) is 9.97 Å². The van der Waals surface area contributed by atoms with Crippen LogP contribution >= 0.6 is 0 Å². The number of pyridine rings is 2. The SMILES string of the molecule is CN1CC[C@]23c4c5ccc(O)c4O[C@H]2[C@@H](O)C=C[C@H]3[C@H]1C5.O=C(O)c1cccnc1-c1ncccc1C(=O)O. The maximum atomic E-state index is 11.1. The summed E-state index contributed by atoms with van der Waals surface area (Å²) in [7, 11) is 2.19. The van der Waals surface area contributed by atoms with Crippen LogP contribution in [0.5, 0.6) is 11.5 Å². The number of aromatic nitrogens is 2. The molecule has 10 heteroatoms. The number of carbonyl (C=O) groups is 2. The molecule has 1 aromatic carbocycles. The highest BCUT2D eigenvalue weighted by molar-refractivity contribution is 5.99. The Bertz CT molecular complexity index is 1470. The quantitative estimate of drug-likeness (QED) is 0.373. The van der Waals surface area contributed by atoms with E-state index < -0.39 is 18.0 Å². The Labute approximate surface area is 223 Å². The Morgan fingerprint density at radius 3 is 2.26 bits per heavy atom. The Kier molecular flexibility index (Phi) is 5.89. The second-order valence-electron chi connectivity index (χ2n) is 10.3. The first kappa shape index (κ1) is 25.0. The van der Waals surface area contributed by atoms with Crippen LogP contribution < -0.4 is 4.74 Å². The number of phenolic OH excluding ortho intramolecular Hbond substituents is 1. The maximum absolute atomic E-state index is 11.1. The molecule has 1 saturated heterocycles. The molecule has 0 unspecified atom stereocenters. The van der Waals surface area contributed by atoms with Crippen LogP contribution in [0.2, 0.25) is 0 Å². The molecule has 2 aliphatic heterocycles. The van der Waals surface area contributed by atoms with Crippen molar-refractivity contribution in [2.45, 2.75) is 36.5 Å².